The van der Waals surface area contributed by atoms with Crippen LogP contribution in [0.15, 0.2) is 18.3 Å². The molecule has 1 aliphatic rings. The molecule has 1 saturated heterocycles. The van der Waals surface area contributed by atoms with Crippen molar-refractivity contribution in [1.82, 2.24) is 19.7 Å². The lowest BCUT2D eigenvalue weighted by Crippen LogP contribution is -2.34. The molecular formula is C18H25N5O2. The number of aryl methyl sites for hydroxylation is 3. The van der Waals surface area contributed by atoms with E-state index in [9.17, 15) is 4.79 Å². The SMILES string of the molecule is CCc1nc(OC)ccc1NC(=O)N1CCCC1c1cn(C)nc1C. The number of pyridine rings is 1. The van der Waals surface area contributed by atoms with Crippen molar-refractivity contribution >= 4 is 11.7 Å². The topological polar surface area (TPSA) is 72.3 Å². The summed E-state index contributed by atoms with van der Waals surface area (Å²) >= 11 is 0. The highest BCUT2D eigenvalue weighted by molar-refractivity contribution is 5.90. The number of nitrogens with zero attached hydrogens (tertiary/aromatic N) is 4. The minimum Gasteiger partial charge on any atom is -0.481 e. The highest BCUT2D eigenvalue weighted by Gasteiger charge is 2.32. The summed E-state index contributed by atoms with van der Waals surface area (Å²) in [6.45, 7) is 4.75. The van der Waals surface area contributed by atoms with Crippen LogP contribution < -0.4 is 10.1 Å². The zero-order chi connectivity index (χ0) is 18.0. The molecule has 2 amide bonds. The molecule has 1 aliphatic heterocycles. The third-order valence-corrected chi connectivity index (χ3v) is 4.66. The van der Waals surface area contributed by atoms with E-state index < -0.39 is 0 Å². The van der Waals surface area contributed by atoms with Crippen LogP contribution in [0.4, 0.5) is 10.5 Å². The van der Waals surface area contributed by atoms with Gasteiger partial charge in [0.2, 0.25) is 5.88 Å². The number of hydrogen-bond donors (Lipinski definition) is 1. The van der Waals surface area contributed by atoms with E-state index in [2.05, 4.69) is 15.4 Å². The molecule has 1 N–H and O–H groups in total. The van der Waals surface area contributed by atoms with Crippen molar-refractivity contribution in [3.63, 3.8) is 0 Å². The Morgan fingerprint density at radius 2 is 2.24 bits per heavy atom. The van der Waals surface area contributed by atoms with Crippen LogP contribution in [0.5, 0.6) is 5.88 Å². The maximum atomic E-state index is 12.9. The maximum Gasteiger partial charge on any atom is 0.322 e. The Labute approximate surface area is 148 Å². The Kier molecular flexibility index (Phi) is 4.92. The third-order valence-electron chi connectivity index (χ3n) is 4.66. The first-order valence-corrected chi connectivity index (χ1v) is 8.65. The van der Waals surface area contributed by atoms with Gasteiger partial charge in [0.1, 0.15) is 0 Å². The van der Waals surface area contributed by atoms with Gasteiger partial charge in [-0.1, -0.05) is 6.92 Å². The molecule has 7 nitrogen and oxygen atoms in total. The van der Waals surface area contributed by atoms with Gasteiger partial charge in [-0.15, -0.1) is 0 Å². The van der Waals surface area contributed by atoms with Gasteiger partial charge in [-0.2, -0.15) is 5.10 Å². The van der Waals surface area contributed by atoms with Crippen molar-refractivity contribution in [3.05, 3.63) is 35.3 Å². The van der Waals surface area contributed by atoms with Gasteiger partial charge in [0.15, 0.2) is 0 Å². The van der Waals surface area contributed by atoms with Crippen LogP contribution in [0, 0.1) is 6.92 Å². The van der Waals surface area contributed by atoms with Crippen molar-refractivity contribution in [2.45, 2.75) is 39.2 Å². The number of anilines is 1. The zero-order valence-corrected chi connectivity index (χ0v) is 15.2. The fraction of sp³-hybridized carbons (Fsp3) is 0.500. The fourth-order valence-electron chi connectivity index (χ4n) is 3.44. The minimum atomic E-state index is -0.0904. The predicted molar refractivity (Wildman–Crippen MR) is 95.8 cm³/mol. The Hall–Kier alpha value is -2.57. The van der Waals surface area contributed by atoms with Crippen LogP contribution in [0.25, 0.3) is 0 Å². The van der Waals surface area contributed by atoms with Crippen LogP contribution in [0.2, 0.25) is 0 Å². The smallest absolute Gasteiger partial charge is 0.322 e. The van der Waals surface area contributed by atoms with Gasteiger partial charge >= 0.3 is 6.03 Å². The summed E-state index contributed by atoms with van der Waals surface area (Å²) in [4.78, 5) is 19.2. The largest absolute Gasteiger partial charge is 0.481 e. The van der Waals surface area contributed by atoms with Crippen molar-refractivity contribution in [2.24, 2.45) is 7.05 Å². The molecule has 25 heavy (non-hydrogen) atoms. The molecule has 1 fully saturated rings. The molecule has 1 unspecified atom stereocenters. The highest BCUT2D eigenvalue weighted by atomic mass is 16.5. The summed E-state index contributed by atoms with van der Waals surface area (Å²) in [5, 5.41) is 7.44. The van der Waals surface area contributed by atoms with E-state index in [-0.39, 0.29) is 12.1 Å². The van der Waals surface area contributed by atoms with E-state index in [1.54, 1.807) is 13.2 Å². The molecule has 7 heteroatoms. The van der Waals surface area contributed by atoms with Crippen LogP contribution in [0.3, 0.4) is 0 Å². The summed E-state index contributed by atoms with van der Waals surface area (Å²) in [6.07, 6.45) is 4.69. The Morgan fingerprint density at radius 1 is 1.44 bits per heavy atom. The van der Waals surface area contributed by atoms with Crippen molar-refractivity contribution in [1.29, 1.82) is 0 Å². The normalized spacial score (nSPS) is 17.0. The molecule has 0 spiro atoms. The lowest BCUT2D eigenvalue weighted by atomic mass is 10.1. The second kappa shape index (κ2) is 7.13. The van der Waals surface area contributed by atoms with Crippen molar-refractivity contribution < 1.29 is 9.53 Å². The quantitative estimate of drug-likeness (QED) is 0.926. The maximum absolute atomic E-state index is 12.9. The van der Waals surface area contributed by atoms with E-state index in [4.69, 9.17) is 4.74 Å². The summed E-state index contributed by atoms with van der Waals surface area (Å²) in [5.41, 5.74) is 3.66. The van der Waals surface area contributed by atoms with Gasteiger partial charge in [0.05, 0.1) is 30.2 Å². The first-order chi connectivity index (χ1) is 12.0. The van der Waals surface area contributed by atoms with Gasteiger partial charge in [-0.3, -0.25) is 4.68 Å². The van der Waals surface area contributed by atoms with Crippen molar-refractivity contribution in [2.75, 3.05) is 19.0 Å². The molecular weight excluding hydrogens is 318 g/mol. The van der Waals surface area contributed by atoms with E-state index >= 15 is 0 Å². The van der Waals surface area contributed by atoms with E-state index in [1.165, 1.54) is 0 Å². The van der Waals surface area contributed by atoms with Crippen LogP contribution >= 0.6 is 0 Å². The number of nitrogens with one attached hydrogen (secondary N) is 1. The number of rotatable bonds is 4. The number of amides is 2. The monoisotopic (exact) mass is 343 g/mol. The average molecular weight is 343 g/mol. The minimum absolute atomic E-state index is 0.0741. The standard InChI is InChI=1S/C18H25N5O2/c1-5-14-15(8-9-17(19-14)25-4)20-18(24)23-10-6-7-16(23)13-11-22(3)21-12(13)2/h8-9,11,16H,5-7,10H2,1-4H3,(H,20,24). The van der Waals surface area contributed by atoms with Crippen molar-refractivity contribution in [3.8, 4) is 5.88 Å². The summed E-state index contributed by atoms with van der Waals surface area (Å²) in [5.74, 6) is 0.555. The molecule has 0 bridgehead atoms. The fourth-order valence-corrected chi connectivity index (χ4v) is 3.44. The predicted octanol–water partition coefficient (Wildman–Crippen LogP) is 3.06. The molecule has 0 saturated carbocycles. The lowest BCUT2D eigenvalue weighted by molar-refractivity contribution is 0.207. The Morgan fingerprint density at radius 3 is 2.88 bits per heavy atom. The highest BCUT2D eigenvalue weighted by Crippen LogP contribution is 2.34. The summed E-state index contributed by atoms with van der Waals surface area (Å²) in [7, 11) is 3.50. The van der Waals surface area contributed by atoms with E-state index in [0.29, 0.717) is 5.88 Å². The lowest BCUT2D eigenvalue weighted by Gasteiger charge is -2.25. The molecule has 0 radical (unpaired) electrons. The van der Waals surface area contributed by atoms with Crippen LogP contribution in [0.1, 0.15) is 42.8 Å². The molecule has 2 aromatic heterocycles. The second-order valence-electron chi connectivity index (χ2n) is 6.33. The van der Waals surface area contributed by atoms with Crippen LogP contribution in [-0.4, -0.2) is 39.4 Å². The Bertz CT molecular complexity index is 771. The number of aromatic nitrogens is 3. The summed E-state index contributed by atoms with van der Waals surface area (Å²) < 4.78 is 6.97. The van der Waals surface area contributed by atoms with Crippen LogP contribution in [-0.2, 0) is 13.5 Å². The zero-order valence-electron chi connectivity index (χ0n) is 15.2. The molecule has 0 aliphatic carbocycles. The average Bonchev–Trinajstić information content (AvgIpc) is 3.21. The van der Waals surface area contributed by atoms with Gasteiger partial charge < -0.3 is 15.0 Å². The van der Waals surface area contributed by atoms with Gasteiger partial charge in [-0.25, -0.2) is 9.78 Å². The first-order valence-electron chi connectivity index (χ1n) is 8.65. The number of carbonyl (C=O) groups excluding carboxylic acids is 1. The first kappa shape index (κ1) is 17.3. The summed E-state index contributed by atoms with van der Waals surface area (Å²) in [6, 6.07) is 3.60. The second-order valence-corrected chi connectivity index (χ2v) is 6.33. The van der Waals surface area contributed by atoms with Gasteiger partial charge in [-0.05, 0) is 32.3 Å². The number of ether oxygens (including phenoxy) is 1. The molecule has 3 rings (SSSR count). The number of hydrogen-bond acceptors (Lipinski definition) is 4. The molecule has 3 heterocycles. The van der Waals surface area contributed by atoms with E-state index in [1.807, 2.05) is 42.7 Å². The van der Waals surface area contributed by atoms with Gasteiger partial charge in [0.25, 0.3) is 0 Å². The number of urea groups is 1. The number of carbonyl (C=O) groups is 1. The molecule has 1 atom stereocenters. The molecule has 0 aromatic carbocycles. The van der Waals surface area contributed by atoms with Gasteiger partial charge in [0, 0.05) is 31.4 Å². The number of likely N-dealkylation sites (tertiary alicyclic amines) is 1. The number of methoxy groups -OCH3 is 1. The Balaban J connectivity index is 1.80. The third kappa shape index (κ3) is 3.45. The van der Waals surface area contributed by atoms with E-state index in [0.717, 1.165) is 48.4 Å². The molecule has 2 aromatic rings. The molecule has 134 valence electrons.